The molecule has 0 saturated carbocycles. The highest BCUT2D eigenvalue weighted by Crippen LogP contribution is 2.51. The summed E-state index contributed by atoms with van der Waals surface area (Å²) >= 11 is 0. The normalized spacial score (nSPS) is 19.1. The molecule has 9 nitrogen and oxygen atoms in total. The Morgan fingerprint density at radius 3 is 2.58 bits per heavy atom. The van der Waals surface area contributed by atoms with Gasteiger partial charge >= 0.3 is 0 Å². The first-order chi connectivity index (χ1) is 12.0. The Labute approximate surface area is 152 Å². The summed E-state index contributed by atoms with van der Waals surface area (Å²) in [6.07, 6.45) is 1.19. The van der Waals surface area contributed by atoms with Crippen LogP contribution in [0.3, 0.4) is 0 Å². The van der Waals surface area contributed by atoms with Gasteiger partial charge in [-0.15, -0.1) is 0 Å². The van der Waals surface area contributed by atoms with Crippen LogP contribution in [0.15, 0.2) is 23.1 Å². The van der Waals surface area contributed by atoms with Gasteiger partial charge in [0.2, 0.25) is 10.0 Å². The molecular formula is C14H23FN4O5PS+. The highest BCUT2D eigenvalue weighted by Gasteiger charge is 2.37. The number of rotatable bonds is 7. The van der Waals surface area contributed by atoms with Gasteiger partial charge in [0.15, 0.2) is 0 Å². The number of para-hydroxylation sites is 1. The maximum Gasteiger partial charge on any atom is 0.293 e. The molecule has 0 aliphatic carbocycles. The van der Waals surface area contributed by atoms with Crippen LogP contribution in [0.25, 0.3) is 0 Å². The number of benzene rings is 1. The van der Waals surface area contributed by atoms with Crippen molar-refractivity contribution in [3.8, 4) is 0 Å². The van der Waals surface area contributed by atoms with E-state index >= 15 is 0 Å². The van der Waals surface area contributed by atoms with E-state index in [9.17, 15) is 27.8 Å². The van der Waals surface area contributed by atoms with Crippen LogP contribution in [0.1, 0.15) is 0 Å². The van der Waals surface area contributed by atoms with Crippen molar-refractivity contribution in [2.45, 2.75) is 10.9 Å². The molecule has 146 valence electrons. The highest BCUT2D eigenvalue weighted by molar-refractivity contribution is 7.89. The number of nitro groups is 1. The van der Waals surface area contributed by atoms with Crippen LogP contribution in [-0.2, 0) is 10.0 Å². The molecule has 0 aromatic heterocycles. The lowest BCUT2D eigenvalue weighted by Crippen LogP contribution is -2.47. The van der Waals surface area contributed by atoms with Crippen LogP contribution < -0.4 is 10.5 Å². The van der Waals surface area contributed by atoms with Gasteiger partial charge < -0.3 is 5.32 Å². The van der Waals surface area contributed by atoms with Crippen molar-refractivity contribution in [3.05, 3.63) is 28.3 Å². The van der Waals surface area contributed by atoms with Crippen molar-refractivity contribution in [2.75, 3.05) is 50.6 Å². The van der Waals surface area contributed by atoms with Crippen molar-refractivity contribution >= 4 is 28.9 Å². The number of alkyl halides is 1. The summed E-state index contributed by atoms with van der Waals surface area (Å²) in [6, 6.07) is 2.96. The predicted octanol–water partition coefficient (Wildman–Crippen LogP) is 0.862. The molecule has 0 radical (unpaired) electrons. The Balaban J connectivity index is 2.21. The fourth-order valence-electron chi connectivity index (χ4n) is 2.86. The SMILES string of the molecule is C[P+]1(O)CCN(C(CF)CNc2c([N+](=O)[O-])cccc2S(N)(=O)=O)CC1. The van der Waals surface area contributed by atoms with Gasteiger partial charge in [0.1, 0.15) is 24.7 Å². The zero-order valence-corrected chi connectivity index (χ0v) is 16.0. The first-order valence-corrected chi connectivity index (χ1v) is 12.1. The highest BCUT2D eigenvalue weighted by atomic mass is 32.2. The number of hydrogen-bond acceptors (Lipinski definition) is 7. The predicted molar refractivity (Wildman–Crippen MR) is 99.1 cm³/mol. The third kappa shape index (κ3) is 5.08. The van der Waals surface area contributed by atoms with Crippen LogP contribution in [0.2, 0.25) is 0 Å². The van der Waals surface area contributed by atoms with Crippen molar-refractivity contribution in [1.82, 2.24) is 4.90 Å². The fraction of sp³-hybridized carbons (Fsp3) is 0.571. The van der Waals surface area contributed by atoms with Gasteiger partial charge in [-0.05, 0) is 6.07 Å². The standard InChI is InChI=1S/C14H23FN4O5PS/c1-25(22)7-5-18(6-8-25)11(9-15)10-17-14-12(19(20)21)3-2-4-13(14)26(16,23)24/h2-4,11,17,22H,5-10H2,1H3,(H2,16,23,24)/q+1. The van der Waals surface area contributed by atoms with E-state index < -0.39 is 45.7 Å². The monoisotopic (exact) mass is 409 g/mol. The van der Waals surface area contributed by atoms with E-state index in [2.05, 4.69) is 5.32 Å². The molecule has 1 aliphatic rings. The minimum atomic E-state index is -4.19. The molecule has 12 heteroatoms. The third-order valence-electron chi connectivity index (χ3n) is 4.45. The molecule has 1 heterocycles. The maximum atomic E-state index is 13.5. The topological polar surface area (TPSA) is 139 Å². The summed E-state index contributed by atoms with van der Waals surface area (Å²) in [6.45, 7) is 2.15. The molecule has 1 saturated heterocycles. The zero-order valence-electron chi connectivity index (χ0n) is 14.3. The Morgan fingerprint density at radius 1 is 1.46 bits per heavy atom. The van der Waals surface area contributed by atoms with Crippen molar-refractivity contribution < 1.29 is 22.6 Å². The number of nitrogens with one attached hydrogen (secondary N) is 1. The molecule has 1 atom stereocenters. The molecule has 0 spiro atoms. The second kappa shape index (κ2) is 8.10. The molecule has 4 N–H and O–H groups in total. The Morgan fingerprint density at radius 2 is 2.08 bits per heavy atom. The second-order valence-electron chi connectivity index (χ2n) is 6.46. The van der Waals surface area contributed by atoms with E-state index in [4.69, 9.17) is 5.14 Å². The van der Waals surface area contributed by atoms with Crippen molar-refractivity contribution in [3.63, 3.8) is 0 Å². The van der Waals surface area contributed by atoms with Crippen LogP contribution in [-0.4, -0.2) is 74.5 Å². The third-order valence-corrected chi connectivity index (χ3v) is 7.73. The molecular weight excluding hydrogens is 386 g/mol. The molecule has 1 fully saturated rings. The van der Waals surface area contributed by atoms with Gasteiger partial charge in [0.25, 0.3) is 5.69 Å². The molecule has 1 unspecified atom stereocenters. The number of nitro benzene ring substituents is 1. The molecule has 1 aromatic rings. The number of primary sulfonamides is 1. The van der Waals surface area contributed by atoms with Crippen molar-refractivity contribution in [1.29, 1.82) is 0 Å². The Bertz CT molecular complexity index is 767. The maximum absolute atomic E-state index is 13.5. The van der Waals surface area contributed by atoms with Crippen LogP contribution >= 0.6 is 7.49 Å². The molecule has 2 rings (SSSR count). The van der Waals surface area contributed by atoms with E-state index in [-0.39, 0.29) is 12.2 Å². The molecule has 1 aromatic carbocycles. The largest absolute Gasteiger partial charge is 0.377 e. The van der Waals surface area contributed by atoms with Gasteiger partial charge in [0.05, 0.1) is 30.0 Å². The summed E-state index contributed by atoms with van der Waals surface area (Å²) in [7, 11) is -6.11. The molecule has 1 aliphatic heterocycles. The van der Waals surface area contributed by atoms with Gasteiger partial charge in [0, 0.05) is 25.7 Å². The molecule has 26 heavy (non-hydrogen) atoms. The summed E-state index contributed by atoms with van der Waals surface area (Å²) in [5.41, 5.74) is -0.684. The van der Waals surface area contributed by atoms with Gasteiger partial charge in [-0.3, -0.25) is 19.9 Å². The van der Waals surface area contributed by atoms with Crippen LogP contribution in [0.5, 0.6) is 0 Å². The first kappa shape index (κ1) is 20.9. The summed E-state index contributed by atoms with van der Waals surface area (Å²) in [4.78, 5) is 22.0. The van der Waals surface area contributed by atoms with E-state index in [1.165, 1.54) is 6.07 Å². The Kier molecular flexibility index (Phi) is 6.51. The number of sulfonamides is 1. The average Bonchev–Trinajstić information content (AvgIpc) is 2.55. The van der Waals surface area contributed by atoms with E-state index in [0.717, 1.165) is 12.1 Å². The lowest BCUT2D eigenvalue weighted by molar-refractivity contribution is -0.384. The molecule has 0 amide bonds. The van der Waals surface area contributed by atoms with Crippen LogP contribution in [0, 0.1) is 10.1 Å². The fourth-order valence-corrected chi connectivity index (χ4v) is 5.19. The number of nitrogens with two attached hydrogens (primary N) is 1. The summed E-state index contributed by atoms with van der Waals surface area (Å²) in [5, 5.41) is 19.1. The number of anilines is 1. The number of hydrogen-bond donors (Lipinski definition) is 3. The lowest BCUT2D eigenvalue weighted by atomic mass is 10.2. The van der Waals surface area contributed by atoms with Crippen LogP contribution in [0.4, 0.5) is 15.8 Å². The summed E-state index contributed by atoms with van der Waals surface area (Å²) < 4.78 is 37.0. The van der Waals surface area contributed by atoms with Gasteiger partial charge in [-0.1, -0.05) is 6.07 Å². The van der Waals surface area contributed by atoms with Crippen molar-refractivity contribution in [2.24, 2.45) is 5.14 Å². The average molecular weight is 409 g/mol. The summed E-state index contributed by atoms with van der Waals surface area (Å²) in [5.74, 6) is 0. The Hall–Kier alpha value is -1.39. The minimum Gasteiger partial charge on any atom is -0.377 e. The minimum absolute atomic E-state index is 0.0234. The zero-order chi connectivity index (χ0) is 19.5. The van der Waals surface area contributed by atoms with E-state index in [1.54, 1.807) is 0 Å². The smallest absolute Gasteiger partial charge is 0.293 e. The van der Waals surface area contributed by atoms with Gasteiger partial charge in [-0.2, -0.15) is 0 Å². The second-order valence-corrected chi connectivity index (χ2v) is 11.6. The number of nitrogens with zero attached hydrogens (tertiary/aromatic N) is 2. The molecule has 0 bridgehead atoms. The van der Waals surface area contributed by atoms with E-state index in [0.29, 0.717) is 25.4 Å². The van der Waals surface area contributed by atoms with E-state index in [1.807, 2.05) is 11.6 Å². The van der Waals surface area contributed by atoms with Gasteiger partial charge in [-0.25, -0.2) is 17.9 Å². The first-order valence-electron chi connectivity index (χ1n) is 7.96. The quantitative estimate of drug-likeness (QED) is 0.345. The lowest BCUT2D eigenvalue weighted by Gasteiger charge is -2.35. The number of halogens is 1.